The topological polar surface area (TPSA) is 73.4 Å². The molecule has 0 saturated carbocycles. The van der Waals surface area contributed by atoms with Crippen molar-refractivity contribution in [3.8, 4) is 0 Å². The first-order chi connectivity index (χ1) is 8.13. The van der Waals surface area contributed by atoms with E-state index in [1.165, 1.54) is 4.57 Å². The van der Waals surface area contributed by atoms with Gasteiger partial charge in [-0.15, -0.1) is 0 Å². The van der Waals surface area contributed by atoms with Gasteiger partial charge < -0.3 is 19.9 Å². The third kappa shape index (κ3) is 2.32. The number of hydrogen-bond acceptors (Lipinski definition) is 5. The van der Waals surface area contributed by atoms with Gasteiger partial charge in [0, 0.05) is 32.5 Å². The zero-order valence-electron chi connectivity index (χ0n) is 10.2. The molecule has 0 radical (unpaired) electrons. The van der Waals surface area contributed by atoms with Crippen molar-refractivity contribution in [3.05, 3.63) is 22.7 Å². The van der Waals surface area contributed by atoms with E-state index in [1.807, 2.05) is 11.8 Å². The lowest BCUT2D eigenvalue weighted by molar-refractivity contribution is 0.0278. The highest BCUT2D eigenvalue weighted by Gasteiger charge is 2.27. The molecular weight excluding hydrogens is 220 g/mol. The minimum Gasteiger partial charge on any atom is -0.373 e. The number of aryl methyl sites for hydroxylation is 1. The van der Waals surface area contributed by atoms with Crippen LogP contribution in [0.2, 0.25) is 0 Å². The van der Waals surface area contributed by atoms with Gasteiger partial charge in [-0.05, 0) is 6.92 Å². The molecule has 0 aromatic carbocycles. The lowest BCUT2D eigenvalue weighted by Crippen LogP contribution is -2.52. The molecule has 1 fully saturated rings. The first kappa shape index (κ1) is 12.1. The first-order valence-corrected chi connectivity index (χ1v) is 5.73. The van der Waals surface area contributed by atoms with Gasteiger partial charge >= 0.3 is 0 Å². The Labute approximate surface area is 100 Å². The Bertz CT molecular complexity index is 445. The van der Waals surface area contributed by atoms with Crippen LogP contribution in [0.1, 0.15) is 6.92 Å². The normalized spacial score (nSPS) is 25.0. The number of anilines is 1. The number of morpholine rings is 1. The lowest BCUT2D eigenvalue weighted by atomic mass is 10.2. The summed E-state index contributed by atoms with van der Waals surface area (Å²) in [7, 11) is 1.72. The SMILES string of the molecule is CC1COC(CN)CN1c1nccn(C)c1=O. The maximum atomic E-state index is 12.0. The quantitative estimate of drug-likeness (QED) is 0.740. The molecule has 1 saturated heterocycles. The molecular formula is C11H18N4O2. The van der Waals surface area contributed by atoms with E-state index in [4.69, 9.17) is 10.5 Å². The number of aromatic nitrogens is 2. The van der Waals surface area contributed by atoms with Crippen LogP contribution in [0.5, 0.6) is 0 Å². The minimum atomic E-state index is -0.0861. The van der Waals surface area contributed by atoms with Crippen molar-refractivity contribution < 1.29 is 4.74 Å². The van der Waals surface area contributed by atoms with Crippen molar-refractivity contribution in [1.29, 1.82) is 0 Å². The number of nitrogens with zero attached hydrogens (tertiary/aromatic N) is 3. The Kier molecular flexibility index (Phi) is 3.44. The van der Waals surface area contributed by atoms with Crippen LogP contribution >= 0.6 is 0 Å². The second kappa shape index (κ2) is 4.85. The molecule has 0 aliphatic carbocycles. The fourth-order valence-corrected chi connectivity index (χ4v) is 1.94. The summed E-state index contributed by atoms with van der Waals surface area (Å²) in [5.74, 6) is 0.476. The van der Waals surface area contributed by atoms with E-state index in [2.05, 4.69) is 4.98 Å². The van der Waals surface area contributed by atoms with E-state index in [1.54, 1.807) is 19.4 Å². The highest BCUT2D eigenvalue weighted by atomic mass is 16.5. The molecule has 2 heterocycles. The predicted octanol–water partition coefficient (Wildman–Crippen LogP) is -0.667. The highest BCUT2D eigenvalue weighted by Crippen LogP contribution is 2.15. The number of nitrogens with two attached hydrogens (primary N) is 1. The Hall–Kier alpha value is -1.40. The van der Waals surface area contributed by atoms with Gasteiger partial charge in [-0.1, -0.05) is 0 Å². The average Bonchev–Trinajstić information content (AvgIpc) is 2.34. The van der Waals surface area contributed by atoms with Crippen molar-refractivity contribution >= 4 is 5.82 Å². The van der Waals surface area contributed by atoms with Gasteiger partial charge in [0.15, 0.2) is 5.82 Å². The molecule has 0 bridgehead atoms. The molecule has 0 spiro atoms. The molecule has 1 aliphatic rings. The van der Waals surface area contributed by atoms with Crippen molar-refractivity contribution in [2.24, 2.45) is 12.8 Å². The second-order valence-corrected chi connectivity index (χ2v) is 4.36. The third-order valence-electron chi connectivity index (χ3n) is 3.04. The van der Waals surface area contributed by atoms with Crippen molar-refractivity contribution in [2.45, 2.75) is 19.1 Å². The molecule has 6 nitrogen and oxygen atoms in total. The van der Waals surface area contributed by atoms with E-state index in [9.17, 15) is 4.79 Å². The Morgan fingerprint density at radius 1 is 1.65 bits per heavy atom. The summed E-state index contributed by atoms with van der Waals surface area (Å²) >= 11 is 0. The number of hydrogen-bond donors (Lipinski definition) is 1. The second-order valence-electron chi connectivity index (χ2n) is 4.36. The van der Waals surface area contributed by atoms with Crippen LogP contribution in [0.25, 0.3) is 0 Å². The summed E-state index contributed by atoms with van der Waals surface area (Å²) in [4.78, 5) is 18.1. The van der Waals surface area contributed by atoms with Crippen molar-refractivity contribution in [2.75, 3.05) is 24.6 Å². The zero-order chi connectivity index (χ0) is 12.4. The summed E-state index contributed by atoms with van der Waals surface area (Å²) in [6, 6.07) is 0.139. The first-order valence-electron chi connectivity index (χ1n) is 5.73. The van der Waals surface area contributed by atoms with Gasteiger partial charge in [-0.25, -0.2) is 4.98 Å². The standard InChI is InChI=1S/C11H18N4O2/c1-8-7-17-9(5-12)6-15(8)10-11(16)14(2)4-3-13-10/h3-4,8-9H,5-7,12H2,1-2H3. The Morgan fingerprint density at radius 3 is 3.12 bits per heavy atom. The molecule has 2 unspecified atom stereocenters. The molecule has 6 heteroatoms. The lowest BCUT2D eigenvalue weighted by Gasteiger charge is -2.37. The van der Waals surface area contributed by atoms with Gasteiger partial charge in [0.25, 0.3) is 5.56 Å². The van der Waals surface area contributed by atoms with Crippen LogP contribution in [-0.4, -0.2) is 41.4 Å². The Balaban J connectivity index is 2.31. The maximum absolute atomic E-state index is 12.0. The van der Waals surface area contributed by atoms with Gasteiger partial charge in [0.1, 0.15) is 0 Å². The molecule has 2 atom stereocenters. The molecule has 2 rings (SSSR count). The zero-order valence-corrected chi connectivity index (χ0v) is 10.2. The van der Waals surface area contributed by atoms with Gasteiger partial charge in [-0.2, -0.15) is 0 Å². The molecule has 1 aromatic rings. The molecule has 94 valence electrons. The van der Waals surface area contributed by atoms with Crippen molar-refractivity contribution in [1.82, 2.24) is 9.55 Å². The van der Waals surface area contributed by atoms with E-state index < -0.39 is 0 Å². The highest BCUT2D eigenvalue weighted by molar-refractivity contribution is 5.38. The summed E-state index contributed by atoms with van der Waals surface area (Å²) in [5, 5.41) is 0. The van der Waals surface area contributed by atoms with E-state index in [0.29, 0.717) is 25.5 Å². The largest absolute Gasteiger partial charge is 0.373 e. The van der Waals surface area contributed by atoms with E-state index >= 15 is 0 Å². The monoisotopic (exact) mass is 238 g/mol. The molecule has 0 amide bonds. The molecule has 1 aliphatic heterocycles. The van der Waals surface area contributed by atoms with Crippen LogP contribution in [0, 0.1) is 0 Å². The minimum absolute atomic E-state index is 0.0297. The number of ether oxygens (including phenoxy) is 1. The van der Waals surface area contributed by atoms with Crippen LogP contribution < -0.4 is 16.2 Å². The van der Waals surface area contributed by atoms with Crippen LogP contribution in [0.4, 0.5) is 5.82 Å². The summed E-state index contributed by atoms with van der Waals surface area (Å²) < 4.78 is 7.09. The summed E-state index contributed by atoms with van der Waals surface area (Å²) in [6.07, 6.45) is 3.26. The summed E-state index contributed by atoms with van der Waals surface area (Å²) in [5.41, 5.74) is 5.52. The molecule has 17 heavy (non-hydrogen) atoms. The van der Waals surface area contributed by atoms with Crippen LogP contribution in [0.15, 0.2) is 17.2 Å². The number of rotatable bonds is 2. The maximum Gasteiger partial charge on any atom is 0.293 e. The fraction of sp³-hybridized carbons (Fsp3) is 0.636. The Morgan fingerprint density at radius 2 is 2.41 bits per heavy atom. The van der Waals surface area contributed by atoms with Crippen LogP contribution in [0.3, 0.4) is 0 Å². The fourth-order valence-electron chi connectivity index (χ4n) is 1.94. The molecule has 2 N–H and O–H groups in total. The summed E-state index contributed by atoms with van der Waals surface area (Å²) in [6.45, 7) is 3.66. The molecule has 1 aromatic heterocycles. The van der Waals surface area contributed by atoms with E-state index in [0.717, 1.165) is 0 Å². The van der Waals surface area contributed by atoms with E-state index in [-0.39, 0.29) is 17.7 Å². The predicted molar refractivity (Wildman–Crippen MR) is 65.1 cm³/mol. The third-order valence-corrected chi connectivity index (χ3v) is 3.04. The smallest absolute Gasteiger partial charge is 0.293 e. The average molecular weight is 238 g/mol. The van der Waals surface area contributed by atoms with Gasteiger partial charge in [0.05, 0.1) is 18.8 Å². The van der Waals surface area contributed by atoms with Crippen LogP contribution in [-0.2, 0) is 11.8 Å². The van der Waals surface area contributed by atoms with Crippen molar-refractivity contribution in [3.63, 3.8) is 0 Å². The van der Waals surface area contributed by atoms with Gasteiger partial charge in [0.2, 0.25) is 0 Å². The van der Waals surface area contributed by atoms with Gasteiger partial charge in [-0.3, -0.25) is 4.79 Å².